The van der Waals surface area contributed by atoms with E-state index in [0.29, 0.717) is 80.9 Å². The predicted molar refractivity (Wildman–Crippen MR) is 237 cm³/mol. The van der Waals surface area contributed by atoms with Crippen molar-refractivity contribution in [2.24, 2.45) is 5.73 Å². The van der Waals surface area contributed by atoms with Crippen LogP contribution in [0.4, 0.5) is 0 Å². The molecule has 0 aliphatic rings. The number of nitrogens with zero attached hydrogens (tertiary/aromatic N) is 4. The van der Waals surface area contributed by atoms with E-state index in [0.717, 1.165) is 8.58 Å². The second-order valence-electron chi connectivity index (χ2n) is 9.49. The fourth-order valence-corrected chi connectivity index (χ4v) is 2.50. The number of aryl methyl sites for hydroxylation is 3. The Kier molecular flexibility index (Phi) is 67.6. The summed E-state index contributed by atoms with van der Waals surface area (Å²) in [4.78, 5) is 84.2. The number of aliphatic hydroxyl groups excluding tert-OH is 1. The largest absolute Gasteiger partial charge is 0.468 e. The van der Waals surface area contributed by atoms with Gasteiger partial charge in [0.05, 0.1) is 51.5 Å². The summed E-state index contributed by atoms with van der Waals surface area (Å²) in [6.07, 6.45) is 4.91. The number of halogens is 3. The third-order valence-corrected chi connectivity index (χ3v) is 4.96. The molecule has 0 saturated carbocycles. The number of nitrogens with one attached hydrogen (secondary N) is 1. The van der Waals surface area contributed by atoms with E-state index >= 15 is 0 Å². The first-order chi connectivity index (χ1) is 29.6. The van der Waals surface area contributed by atoms with E-state index in [1.807, 2.05) is 0 Å². The average Bonchev–Trinajstić information content (AvgIpc) is 4.00. The highest BCUT2D eigenvalue weighted by atomic mass is 35.5. The van der Waals surface area contributed by atoms with E-state index in [2.05, 4.69) is 57.4 Å². The minimum absolute atomic E-state index is 0. The summed E-state index contributed by atoms with van der Waals surface area (Å²) in [5.74, 6) is 0.115. The molecule has 0 aliphatic heterocycles. The van der Waals surface area contributed by atoms with Crippen molar-refractivity contribution in [3.8, 4) is 0 Å². The van der Waals surface area contributed by atoms with Crippen LogP contribution in [0.15, 0.2) is 32.4 Å². The molecule has 0 aliphatic carbocycles. The smallest absolute Gasteiger partial charge is 0.387 e. The summed E-state index contributed by atoms with van der Waals surface area (Å²) in [5, 5.41) is 10.9. The molecule has 3 aromatic heterocycles. The number of carbonyl (C=O) groups excluding carboxylic acids is 7. The van der Waals surface area contributed by atoms with Crippen molar-refractivity contribution in [1.29, 1.82) is 0 Å². The van der Waals surface area contributed by atoms with Gasteiger partial charge < -0.3 is 57.9 Å². The van der Waals surface area contributed by atoms with Crippen molar-refractivity contribution in [2.45, 2.75) is 62.0 Å². The molecule has 3 rings (SSSR count). The normalized spacial score (nSPS) is 8.21. The van der Waals surface area contributed by atoms with Gasteiger partial charge in [-0.15, -0.1) is 44.2 Å². The summed E-state index contributed by atoms with van der Waals surface area (Å²) in [7, 11) is 1.08. The molecular weight excluding hydrogens is 922 g/mol. The van der Waals surface area contributed by atoms with Crippen LogP contribution in [0.1, 0.15) is 78.6 Å². The molecule has 4 N–H and O–H groups in total. The number of aliphatic hydroxyl groups is 1. The molecule has 0 atom stereocenters. The monoisotopic (exact) mass is 982 g/mol. The maximum atomic E-state index is 11.0. The summed E-state index contributed by atoms with van der Waals surface area (Å²) in [5.41, 5.74) is 6.14. The highest BCUT2D eigenvalue weighted by Crippen LogP contribution is 2.05. The average molecular weight is 984 g/mol. The van der Waals surface area contributed by atoms with Gasteiger partial charge in [0.2, 0.25) is 6.41 Å². The number of hydrogen-bond donors (Lipinski definition) is 3. The Morgan fingerprint density at radius 2 is 1.25 bits per heavy atom. The van der Waals surface area contributed by atoms with Gasteiger partial charge in [0.1, 0.15) is 35.2 Å². The molecule has 3 aromatic rings. The van der Waals surface area contributed by atoms with Crippen molar-refractivity contribution in [3.63, 3.8) is 0 Å². The second-order valence-corrected chi connectivity index (χ2v) is 11.3. The Hall–Kier alpha value is -5.17. The van der Waals surface area contributed by atoms with E-state index in [1.165, 1.54) is 19.2 Å². The van der Waals surface area contributed by atoms with Crippen LogP contribution in [0.5, 0.6) is 0 Å². The van der Waals surface area contributed by atoms with Crippen LogP contribution in [0.25, 0.3) is 4.85 Å². The molecule has 362 valence electrons. The maximum absolute atomic E-state index is 11.0. The van der Waals surface area contributed by atoms with Crippen LogP contribution in [-0.2, 0) is 54.3 Å². The van der Waals surface area contributed by atoms with Gasteiger partial charge in [0.25, 0.3) is 6.47 Å². The SMILES string of the molecule is CCOC(=O)CN.CCOC(=O)CNC=O.CCOC(=O)c1ncoc1C.CCOC=O.CPC.Cc1ocnc1C=O.Cc1ocnc1CO.Cl.ClCCl.[C-]#[N+]CC(=O)OCC. The zero-order valence-electron chi connectivity index (χ0n) is 37.1. The molecule has 63 heavy (non-hydrogen) atoms. The molecule has 3 heterocycles. The van der Waals surface area contributed by atoms with E-state index < -0.39 is 17.9 Å². The van der Waals surface area contributed by atoms with E-state index in [9.17, 15) is 33.6 Å². The number of alkyl halides is 2. The van der Waals surface area contributed by atoms with Gasteiger partial charge in [-0.2, -0.15) is 0 Å². The van der Waals surface area contributed by atoms with Crippen LogP contribution in [-0.4, -0.2) is 134 Å². The highest BCUT2D eigenvalue weighted by Gasteiger charge is 2.13. The number of hydrogen-bond acceptors (Lipinski definition) is 20. The Balaban J connectivity index is -0.000000114. The number of nitrogens with two attached hydrogens (primary N) is 1. The molecule has 0 radical (unpaired) electrons. The lowest BCUT2D eigenvalue weighted by Gasteiger charge is -1.97. The summed E-state index contributed by atoms with van der Waals surface area (Å²) in [6.45, 7) is 26.4. The number of aromatic nitrogens is 3. The van der Waals surface area contributed by atoms with Crippen LogP contribution >= 0.6 is 44.2 Å². The molecule has 22 nitrogen and oxygen atoms in total. The van der Waals surface area contributed by atoms with Crippen LogP contribution in [0.3, 0.4) is 0 Å². The molecule has 26 heteroatoms. The third kappa shape index (κ3) is 54.8. The van der Waals surface area contributed by atoms with Crippen LogP contribution in [0, 0.1) is 27.3 Å². The summed E-state index contributed by atoms with van der Waals surface area (Å²) < 4.78 is 36.5. The molecule has 0 bridgehead atoms. The number of rotatable bonds is 14. The Morgan fingerprint density at radius 3 is 1.52 bits per heavy atom. The molecule has 0 aromatic carbocycles. The first-order valence-corrected chi connectivity index (χ1v) is 21.0. The topological polar surface area (TPSA) is 306 Å². The zero-order valence-corrected chi connectivity index (χ0v) is 40.5. The van der Waals surface area contributed by atoms with Crippen LogP contribution in [0.2, 0.25) is 0 Å². The molecular formula is C37H62Cl3N6O16P. The number of esters is 4. The number of aldehydes is 1. The Labute approximate surface area is 386 Å². The lowest BCUT2D eigenvalue weighted by Crippen LogP contribution is -2.23. The molecule has 0 unspecified atom stereocenters. The quantitative estimate of drug-likeness (QED) is 0.0494. The predicted octanol–water partition coefficient (Wildman–Crippen LogP) is 4.65. The van der Waals surface area contributed by atoms with Gasteiger partial charge in [0, 0.05) is 0 Å². The van der Waals surface area contributed by atoms with Crippen molar-refractivity contribution >= 4 is 87.2 Å². The van der Waals surface area contributed by atoms with Gasteiger partial charge in [-0.3, -0.25) is 24.0 Å². The lowest BCUT2D eigenvalue weighted by atomic mass is 10.4. The molecule has 0 spiro atoms. The van der Waals surface area contributed by atoms with Gasteiger partial charge in [-0.05, 0) is 68.7 Å². The van der Waals surface area contributed by atoms with Gasteiger partial charge in [-0.1, -0.05) is 0 Å². The molecule has 0 fully saturated rings. The Bertz CT molecular complexity index is 1570. The van der Waals surface area contributed by atoms with Crippen LogP contribution < -0.4 is 11.1 Å². The zero-order chi connectivity index (χ0) is 49.0. The van der Waals surface area contributed by atoms with Gasteiger partial charge >= 0.3 is 30.4 Å². The first-order valence-electron chi connectivity index (χ1n) is 18.0. The molecule has 0 saturated heterocycles. The fourth-order valence-electron chi connectivity index (χ4n) is 2.50. The van der Waals surface area contributed by atoms with Gasteiger partial charge in [0.15, 0.2) is 31.2 Å². The van der Waals surface area contributed by atoms with Crippen molar-refractivity contribution < 1.29 is 75.6 Å². The minimum Gasteiger partial charge on any atom is -0.468 e. The third-order valence-electron chi connectivity index (χ3n) is 4.96. The minimum atomic E-state index is -0.442. The maximum Gasteiger partial charge on any atom is 0.387 e. The first kappa shape index (κ1) is 72.3. The van der Waals surface area contributed by atoms with E-state index in [1.54, 1.807) is 55.4 Å². The second kappa shape index (κ2) is 58.9. The fraction of sp³-hybridized carbons (Fsp3) is 0.541. The summed E-state index contributed by atoms with van der Waals surface area (Å²) >= 11 is 9.53. The van der Waals surface area contributed by atoms with E-state index in [-0.39, 0.29) is 55.7 Å². The molecule has 1 amide bonds. The number of carbonyl (C=O) groups is 7. The van der Waals surface area contributed by atoms with Crippen molar-refractivity contribution in [3.05, 3.63) is 65.0 Å². The number of oxazole rings is 3. The highest BCUT2D eigenvalue weighted by molar-refractivity contribution is 7.35. The Morgan fingerprint density at radius 1 is 0.794 bits per heavy atom. The number of amides is 1. The number of ether oxygens (including phenoxy) is 5. The van der Waals surface area contributed by atoms with Crippen molar-refractivity contribution in [1.82, 2.24) is 20.3 Å². The summed E-state index contributed by atoms with van der Waals surface area (Å²) in [6, 6.07) is 0. The van der Waals surface area contributed by atoms with E-state index in [4.69, 9.17) is 58.6 Å². The standard InChI is InChI=1S/C7H9NO3.C5H9NO3.C5H7NO2.C5H5NO2.C5H7NO2.C4H9NO2.C3H6O2.C2H7P.CH2Cl2.ClH/c1-3-10-7(9)6-5(2)11-4-8-6;1-2-9-5(8)3-6-4-7;2*1-4-5(2-7)6-3-8-4;1-3-8-5(7)4-6-2;1-2-7-4(6)3-5;1-2-5-3-4;1-3-2;2-1-3;/h4H,3H2,1-2H3;4H,2-3H2,1H3,(H,6,7);3,7H,2H2,1H3;2-3H,1H3;3-4H2,1H3;2-3,5H2,1H3;3H,2H2,1H3;3H,1-2H3;1H2;1H. The van der Waals surface area contributed by atoms with Gasteiger partial charge in [-0.25, -0.2) is 31.1 Å². The lowest BCUT2D eigenvalue weighted by molar-refractivity contribution is -0.143. The van der Waals surface area contributed by atoms with Crippen molar-refractivity contribution in [2.75, 3.05) is 71.3 Å².